The Balaban J connectivity index is 2.43. The van der Waals surface area contributed by atoms with Crippen LogP contribution in [0.3, 0.4) is 0 Å². The van der Waals surface area contributed by atoms with Gasteiger partial charge < -0.3 is 10.6 Å². The summed E-state index contributed by atoms with van der Waals surface area (Å²) in [4.78, 5) is 12.0. The molecule has 0 aromatic rings. The van der Waals surface area contributed by atoms with Crippen molar-refractivity contribution in [1.82, 2.24) is 10.6 Å². The van der Waals surface area contributed by atoms with Crippen molar-refractivity contribution in [3.63, 3.8) is 0 Å². The Bertz CT molecular complexity index is 267. The van der Waals surface area contributed by atoms with Crippen LogP contribution in [0, 0.1) is 11.8 Å². The lowest BCUT2D eigenvalue weighted by molar-refractivity contribution is -0.123. The first-order valence-electron chi connectivity index (χ1n) is 7.52. The van der Waals surface area contributed by atoms with Crippen LogP contribution in [0.4, 0.5) is 0 Å². The summed E-state index contributed by atoms with van der Waals surface area (Å²) in [5.41, 5.74) is 0. The number of hydrogen-bond acceptors (Lipinski definition) is 2. The third kappa shape index (κ3) is 4.27. The van der Waals surface area contributed by atoms with Crippen LogP contribution >= 0.6 is 0 Å². The van der Waals surface area contributed by atoms with E-state index in [1.807, 2.05) is 6.92 Å². The molecule has 1 rings (SSSR count). The average molecular weight is 254 g/mol. The molecule has 0 aliphatic heterocycles. The first-order chi connectivity index (χ1) is 8.45. The van der Waals surface area contributed by atoms with E-state index in [1.54, 1.807) is 0 Å². The van der Waals surface area contributed by atoms with Gasteiger partial charge in [0.25, 0.3) is 0 Å². The lowest BCUT2D eigenvalue weighted by Gasteiger charge is -2.36. The van der Waals surface area contributed by atoms with Gasteiger partial charge in [0.15, 0.2) is 0 Å². The van der Waals surface area contributed by atoms with Gasteiger partial charge in [-0.1, -0.05) is 33.6 Å². The molecule has 5 atom stereocenters. The van der Waals surface area contributed by atoms with Gasteiger partial charge in [-0.05, 0) is 38.5 Å². The summed E-state index contributed by atoms with van der Waals surface area (Å²) < 4.78 is 0. The van der Waals surface area contributed by atoms with Gasteiger partial charge in [0, 0.05) is 12.1 Å². The molecule has 1 aliphatic carbocycles. The van der Waals surface area contributed by atoms with Crippen molar-refractivity contribution in [3.8, 4) is 0 Å². The maximum absolute atomic E-state index is 12.0. The highest BCUT2D eigenvalue weighted by Gasteiger charge is 2.29. The minimum Gasteiger partial charge on any atom is -0.352 e. The minimum absolute atomic E-state index is 0.0863. The number of hydrogen-bond donors (Lipinski definition) is 2. The van der Waals surface area contributed by atoms with Gasteiger partial charge in [-0.25, -0.2) is 0 Å². The zero-order chi connectivity index (χ0) is 13.7. The number of rotatable bonds is 5. The molecule has 1 aliphatic rings. The van der Waals surface area contributed by atoms with Crippen molar-refractivity contribution in [1.29, 1.82) is 0 Å². The molecule has 1 saturated carbocycles. The van der Waals surface area contributed by atoms with Gasteiger partial charge in [0.05, 0.1) is 6.04 Å². The normalized spacial score (nSPS) is 31.7. The molecule has 0 aromatic carbocycles. The Labute approximate surface area is 112 Å². The summed E-state index contributed by atoms with van der Waals surface area (Å²) in [6, 6.07) is 0.674. The second-order valence-electron chi connectivity index (χ2n) is 6.08. The largest absolute Gasteiger partial charge is 0.352 e. The fraction of sp³-hybridized carbons (Fsp3) is 0.933. The van der Waals surface area contributed by atoms with Crippen LogP contribution in [0.25, 0.3) is 0 Å². The molecule has 3 nitrogen and oxygen atoms in total. The zero-order valence-corrected chi connectivity index (χ0v) is 12.6. The molecule has 106 valence electrons. The highest BCUT2D eigenvalue weighted by atomic mass is 16.2. The number of carbonyl (C=O) groups is 1. The number of amides is 1. The van der Waals surface area contributed by atoms with Crippen LogP contribution in [0.2, 0.25) is 0 Å². The summed E-state index contributed by atoms with van der Waals surface area (Å²) >= 11 is 0. The van der Waals surface area contributed by atoms with Gasteiger partial charge in [-0.3, -0.25) is 4.79 Å². The number of nitrogens with one attached hydrogen (secondary N) is 2. The van der Waals surface area contributed by atoms with Crippen molar-refractivity contribution < 1.29 is 4.79 Å². The maximum atomic E-state index is 12.0. The lowest BCUT2D eigenvalue weighted by Crippen LogP contribution is -2.51. The molecule has 0 bridgehead atoms. The Morgan fingerprint density at radius 1 is 1.28 bits per heavy atom. The fourth-order valence-electron chi connectivity index (χ4n) is 2.68. The highest BCUT2D eigenvalue weighted by Crippen LogP contribution is 2.29. The van der Waals surface area contributed by atoms with E-state index in [0.29, 0.717) is 12.0 Å². The van der Waals surface area contributed by atoms with Gasteiger partial charge in [-0.2, -0.15) is 0 Å². The molecule has 0 aromatic heterocycles. The summed E-state index contributed by atoms with van der Waals surface area (Å²) in [5.74, 6) is 1.56. The van der Waals surface area contributed by atoms with E-state index in [4.69, 9.17) is 0 Å². The van der Waals surface area contributed by atoms with Crippen LogP contribution in [0.1, 0.15) is 60.3 Å². The SMILES string of the molecule is CCC(C)NC(=O)C(C)NC1CCCC(C)C1C. The molecule has 0 spiro atoms. The van der Waals surface area contributed by atoms with E-state index < -0.39 is 0 Å². The third-order valence-electron chi connectivity index (χ3n) is 4.57. The van der Waals surface area contributed by atoms with E-state index in [9.17, 15) is 4.79 Å². The first-order valence-corrected chi connectivity index (χ1v) is 7.52. The predicted octanol–water partition coefficient (Wildman–Crippen LogP) is 2.70. The molecule has 0 saturated heterocycles. The van der Waals surface area contributed by atoms with E-state index in [2.05, 4.69) is 38.3 Å². The minimum atomic E-state index is -0.0863. The molecule has 5 unspecified atom stereocenters. The standard InChI is InChI=1S/C15H30N2O/c1-6-11(3)16-15(18)13(5)17-14-9-7-8-10(2)12(14)4/h10-14,17H,6-9H2,1-5H3,(H,16,18). The Morgan fingerprint density at radius 2 is 1.94 bits per heavy atom. The van der Waals surface area contributed by atoms with Crippen LogP contribution < -0.4 is 10.6 Å². The second kappa shape index (κ2) is 7.13. The van der Waals surface area contributed by atoms with Crippen molar-refractivity contribution in [2.45, 2.75) is 78.4 Å². The predicted molar refractivity (Wildman–Crippen MR) is 76.5 cm³/mol. The molecule has 18 heavy (non-hydrogen) atoms. The summed E-state index contributed by atoms with van der Waals surface area (Å²) in [6.07, 6.45) is 4.79. The molecular weight excluding hydrogens is 224 g/mol. The number of carbonyl (C=O) groups excluding carboxylic acids is 1. The van der Waals surface area contributed by atoms with Crippen LogP contribution in [0.15, 0.2) is 0 Å². The lowest BCUT2D eigenvalue weighted by atomic mass is 9.78. The molecule has 2 N–H and O–H groups in total. The molecule has 0 heterocycles. The van der Waals surface area contributed by atoms with Gasteiger partial charge >= 0.3 is 0 Å². The fourth-order valence-corrected chi connectivity index (χ4v) is 2.68. The monoisotopic (exact) mass is 254 g/mol. The Morgan fingerprint density at radius 3 is 2.56 bits per heavy atom. The summed E-state index contributed by atoms with van der Waals surface area (Å²) in [6.45, 7) is 10.7. The van der Waals surface area contributed by atoms with E-state index in [1.165, 1.54) is 19.3 Å². The van der Waals surface area contributed by atoms with E-state index in [-0.39, 0.29) is 18.0 Å². The molecular formula is C15H30N2O. The quantitative estimate of drug-likeness (QED) is 0.792. The Kier molecular flexibility index (Phi) is 6.13. The van der Waals surface area contributed by atoms with Crippen molar-refractivity contribution in [2.24, 2.45) is 11.8 Å². The second-order valence-corrected chi connectivity index (χ2v) is 6.08. The van der Waals surface area contributed by atoms with Gasteiger partial charge in [0.1, 0.15) is 0 Å². The third-order valence-corrected chi connectivity index (χ3v) is 4.57. The molecule has 1 amide bonds. The highest BCUT2D eigenvalue weighted by molar-refractivity contribution is 5.81. The van der Waals surface area contributed by atoms with Crippen LogP contribution in [0.5, 0.6) is 0 Å². The average Bonchev–Trinajstić information content (AvgIpc) is 2.34. The zero-order valence-electron chi connectivity index (χ0n) is 12.6. The Hall–Kier alpha value is -0.570. The summed E-state index contributed by atoms with van der Waals surface area (Å²) in [5, 5.41) is 6.56. The van der Waals surface area contributed by atoms with Crippen molar-refractivity contribution in [3.05, 3.63) is 0 Å². The molecule has 1 fully saturated rings. The van der Waals surface area contributed by atoms with E-state index in [0.717, 1.165) is 12.3 Å². The topological polar surface area (TPSA) is 41.1 Å². The van der Waals surface area contributed by atoms with Crippen LogP contribution in [-0.4, -0.2) is 24.0 Å². The smallest absolute Gasteiger partial charge is 0.237 e. The van der Waals surface area contributed by atoms with Gasteiger partial charge in [0.2, 0.25) is 5.91 Å². The van der Waals surface area contributed by atoms with Crippen LogP contribution in [-0.2, 0) is 4.79 Å². The van der Waals surface area contributed by atoms with Gasteiger partial charge in [-0.15, -0.1) is 0 Å². The maximum Gasteiger partial charge on any atom is 0.237 e. The molecule has 3 heteroatoms. The molecule has 0 radical (unpaired) electrons. The van der Waals surface area contributed by atoms with E-state index >= 15 is 0 Å². The van der Waals surface area contributed by atoms with Crippen molar-refractivity contribution in [2.75, 3.05) is 0 Å². The first kappa shape index (κ1) is 15.5. The van der Waals surface area contributed by atoms with Crippen molar-refractivity contribution >= 4 is 5.91 Å². The summed E-state index contributed by atoms with van der Waals surface area (Å²) in [7, 11) is 0.